The fourth-order valence-corrected chi connectivity index (χ4v) is 5.51. The average Bonchev–Trinajstić information content (AvgIpc) is 3.38. The van der Waals surface area contributed by atoms with Gasteiger partial charge in [-0.15, -0.1) is 0 Å². The van der Waals surface area contributed by atoms with Crippen LogP contribution in [-0.4, -0.2) is 48.5 Å². The van der Waals surface area contributed by atoms with Crippen molar-refractivity contribution in [2.24, 2.45) is 5.92 Å². The standard InChI is InChI=1S/C25H28N6O2/c26-23-18-7-9-31(25(18)29-13-28-23)20-12-16(21(32)22(20)33)6-4-14-3-5-15-11-17-2-1-8-27-24(17)30-19(15)10-14/h3,5,7,9-11,13,16,20-22,32-33H,1-2,4,6,8,12H2,(H,27,30)(H2,26,28,29)/t16-,20+,21+,22-/m0/s1. The Hall–Kier alpha value is -3.23. The highest BCUT2D eigenvalue weighted by molar-refractivity contribution is 5.86. The number of anilines is 2. The summed E-state index contributed by atoms with van der Waals surface area (Å²) in [4.78, 5) is 13.2. The molecule has 8 nitrogen and oxygen atoms in total. The van der Waals surface area contributed by atoms with Gasteiger partial charge in [-0.1, -0.05) is 12.1 Å². The summed E-state index contributed by atoms with van der Waals surface area (Å²) in [5, 5.41) is 26.9. The van der Waals surface area contributed by atoms with E-state index in [4.69, 9.17) is 10.7 Å². The lowest BCUT2D eigenvalue weighted by Gasteiger charge is -2.19. The normalized spacial score (nSPS) is 24.8. The van der Waals surface area contributed by atoms with E-state index >= 15 is 0 Å². The maximum atomic E-state index is 10.8. The smallest absolute Gasteiger partial charge is 0.145 e. The fraction of sp³-hybridized carbons (Fsp3) is 0.400. The first-order valence-electron chi connectivity index (χ1n) is 11.7. The van der Waals surface area contributed by atoms with Crippen molar-refractivity contribution in [1.82, 2.24) is 19.5 Å². The Morgan fingerprint density at radius 1 is 1.12 bits per heavy atom. The molecular formula is C25H28N6O2. The first-order chi connectivity index (χ1) is 16.1. The van der Waals surface area contributed by atoms with Gasteiger partial charge in [0.25, 0.3) is 0 Å². The summed E-state index contributed by atoms with van der Waals surface area (Å²) in [6, 6.07) is 10.3. The minimum absolute atomic E-state index is 0.00418. The average molecular weight is 445 g/mol. The molecule has 33 heavy (non-hydrogen) atoms. The van der Waals surface area contributed by atoms with Gasteiger partial charge >= 0.3 is 0 Å². The van der Waals surface area contributed by atoms with E-state index in [1.54, 1.807) is 0 Å². The van der Waals surface area contributed by atoms with E-state index in [9.17, 15) is 10.2 Å². The predicted octanol–water partition coefficient (Wildman–Crippen LogP) is 2.84. The molecule has 1 saturated carbocycles. The Bertz CT molecular complexity index is 1340. The minimum atomic E-state index is -0.849. The molecule has 1 fully saturated rings. The number of hydrogen-bond acceptors (Lipinski definition) is 7. The zero-order chi connectivity index (χ0) is 22.5. The van der Waals surface area contributed by atoms with Crippen LogP contribution in [0.1, 0.15) is 36.4 Å². The Balaban J connectivity index is 1.20. The molecule has 3 aromatic heterocycles. The molecule has 4 atom stereocenters. The van der Waals surface area contributed by atoms with E-state index in [2.05, 4.69) is 39.6 Å². The van der Waals surface area contributed by atoms with Gasteiger partial charge in [-0.05, 0) is 67.3 Å². The molecule has 5 N–H and O–H groups in total. The lowest BCUT2D eigenvalue weighted by molar-refractivity contribution is 0.00545. The summed E-state index contributed by atoms with van der Waals surface area (Å²) in [6.07, 6.45) is 6.20. The summed E-state index contributed by atoms with van der Waals surface area (Å²) < 4.78 is 1.93. The van der Waals surface area contributed by atoms with Crippen molar-refractivity contribution in [2.75, 3.05) is 17.6 Å². The molecule has 1 aromatic carbocycles. The second kappa shape index (κ2) is 7.97. The molecule has 1 aliphatic heterocycles. The molecular weight excluding hydrogens is 416 g/mol. The van der Waals surface area contributed by atoms with Crippen molar-refractivity contribution >= 4 is 33.6 Å². The summed E-state index contributed by atoms with van der Waals surface area (Å²) in [5.74, 6) is 1.42. The Kier molecular flexibility index (Phi) is 4.92. The van der Waals surface area contributed by atoms with Gasteiger partial charge in [-0.25, -0.2) is 15.0 Å². The van der Waals surface area contributed by atoms with E-state index in [1.165, 1.54) is 22.8 Å². The molecule has 0 amide bonds. The van der Waals surface area contributed by atoms with Crippen LogP contribution in [0.3, 0.4) is 0 Å². The van der Waals surface area contributed by atoms with Crippen LogP contribution in [0.2, 0.25) is 0 Å². The number of pyridine rings is 1. The fourth-order valence-electron chi connectivity index (χ4n) is 5.51. The molecule has 4 aromatic rings. The maximum Gasteiger partial charge on any atom is 0.145 e. The summed E-state index contributed by atoms with van der Waals surface area (Å²) >= 11 is 0. The van der Waals surface area contributed by atoms with Crippen LogP contribution in [0.15, 0.2) is 42.9 Å². The van der Waals surface area contributed by atoms with Gasteiger partial charge in [0.2, 0.25) is 0 Å². The van der Waals surface area contributed by atoms with E-state index in [1.807, 2.05) is 16.8 Å². The van der Waals surface area contributed by atoms with Gasteiger partial charge in [-0.2, -0.15) is 0 Å². The van der Waals surface area contributed by atoms with E-state index in [0.29, 0.717) is 17.9 Å². The minimum Gasteiger partial charge on any atom is -0.390 e. The quantitative estimate of drug-likeness (QED) is 0.382. The number of nitrogens with two attached hydrogens (primary N) is 1. The summed E-state index contributed by atoms with van der Waals surface area (Å²) in [6.45, 7) is 0.976. The van der Waals surface area contributed by atoms with Gasteiger partial charge in [0.1, 0.15) is 29.7 Å². The first-order valence-corrected chi connectivity index (χ1v) is 11.7. The van der Waals surface area contributed by atoms with E-state index in [0.717, 1.165) is 48.9 Å². The second-order valence-corrected chi connectivity index (χ2v) is 9.36. The van der Waals surface area contributed by atoms with Crippen molar-refractivity contribution < 1.29 is 10.2 Å². The van der Waals surface area contributed by atoms with Crippen molar-refractivity contribution in [3.8, 4) is 0 Å². The van der Waals surface area contributed by atoms with Crippen molar-refractivity contribution in [1.29, 1.82) is 0 Å². The molecule has 0 saturated heterocycles. The monoisotopic (exact) mass is 444 g/mol. The number of nitrogens with one attached hydrogen (secondary N) is 1. The Morgan fingerprint density at radius 2 is 2.03 bits per heavy atom. The number of aryl methyl sites for hydroxylation is 2. The van der Waals surface area contributed by atoms with Crippen LogP contribution in [0.4, 0.5) is 11.6 Å². The molecule has 4 heterocycles. The van der Waals surface area contributed by atoms with Gasteiger partial charge in [0.05, 0.1) is 23.0 Å². The largest absolute Gasteiger partial charge is 0.390 e. The third-order valence-corrected chi connectivity index (χ3v) is 7.35. The lowest BCUT2D eigenvalue weighted by Crippen LogP contribution is -2.29. The van der Waals surface area contributed by atoms with Gasteiger partial charge < -0.3 is 25.8 Å². The highest BCUT2D eigenvalue weighted by atomic mass is 16.3. The van der Waals surface area contributed by atoms with Crippen molar-refractivity contribution in [3.63, 3.8) is 0 Å². The summed E-state index contributed by atoms with van der Waals surface area (Å²) in [5.41, 5.74) is 10.1. The van der Waals surface area contributed by atoms with Crippen LogP contribution in [0, 0.1) is 5.92 Å². The van der Waals surface area contributed by atoms with Crippen molar-refractivity contribution in [2.45, 2.75) is 50.4 Å². The molecule has 0 radical (unpaired) electrons. The van der Waals surface area contributed by atoms with Crippen LogP contribution >= 0.6 is 0 Å². The first kappa shape index (κ1) is 20.4. The highest BCUT2D eigenvalue weighted by Crippen LogP contribution is 2.39. The molecule has 8 heteroatoms. The number of fused-ring (bicyclic) bond motifs is 3. The second-order valence-electron chi connectivity index (χ2n) is 9.36. The number of nitrogen functional groups attached to an aromatic ring is 1. The van der Waals surface area contributed by atoms with Gasteiger partial charge in [0.15, 0.2) is 0 Å². The topological polar surface area (TPSA) is 122 Å². The van der Waals surface area contributed by atoms with E-state index < -0.39 is 12.2 Å². The highest BCUT2D eigenvalue weighted by Gasteiger charge is 2.42. The number of aliphatic hydroxyl groups excluding tert-OH is 2. The number of nitrogens with zero attached hydrogens (tertiary/aromatic N) is 4. The maximum absolute atomic E-state index is 10.8. The molecule has 1 aliphatic carbocycles. The SMILES string of the molecule is Nc1ncnc2c1ccn2[C@@H]1C[C@H](CCc2ccc3cc4c(nc3c2)NCCC4)[C@@H](O)[C@H]1O. The number of rotatable bonds is 4. The number of benzene rings is 1. The molecule has 170 valence electrons. The number of aromatic nitrogens is 4. The van der Waals surface area contributed by atoms with E-state index in [-0.39, 0.29) is 12.0 Å². The van der Waals surface area contributed by atoms with Crippen LogP contribution in [0.5, 0.6) is 0 Å². The molecule has 2 aliphatic rings. The lowest BCUT2D eigenvalue weighted by atomic mass is 9.95. The van der Waals surface area contributed by atoms with Crippen LogP contribution in [0.25, 0.3) is 21.9 Å². The summed E-state index contributed by atoms with van der Waals surface area (Å²) in [7, 11) is 0. The Morgan fingerprint density at radius 3 is 2.94 bits per heavy atom. The molecule has 0 unspecified atom stereocenters. The van der Waals surface area contributed by atoms with Crippen LogP contribution < -0.4 is 11.1 Å². The third kappa shape index (κ3) is 3.50. The third-order valence-electron chi connectivity index (χ3n) is 7.35. The number of aliphatic hydroxyl groups is 2. The van der Waals surface area contributed by atoms with Gasteiger partial charge in [-0.3, -0.25) is 0 Å². The molecule has 6 rings (SSSR count). The van der Waals surface area contributed by atoms with Crippen LogP contribution in [-0.2, 0) is 12.8 Å². The number of hydrogen-bond donors (Lipinski definition) is 4. The Labute approximate surface area is 191 Å². The van der Waals surface area contributed by atoms with Crippen molar-refractivity contribution in [3.05, 3.63) is 54.0 Å². The zero-order valence-electron chi connectivity index (χ0n) is 18.4. The molecule has 0 spiro atoms. The molecule has 0 bridgehead atoms. The van der Waals surface area contributed by atoms with Gasteiger partial charge in [0, 0.05) is 18.1 Å². The zero-order valence-corrected chi connectivity index (χ0v) is 18.4. The predicted molar refractivity (Wildman–Crippen MR) is 128 cm³/mol.